The molecule has 0 bridgehead atoms. The second-order valence-corrected chi connectivity index (χ2v) is 17.7. The molecule has 0 aromatic heterocycles. The van der Waals surface area contributed by atoms with Gasteiger partial charge in [-0.15, -0.1) is 11.8 Å². The van der Waals surface area contributed by atoms with Crippen molar-refractivity contribution in [3.8, 4) is 11.1 Å². The zero-order valence-corrected chi connectivity index (χ0v) is 35.1. The van der Waals surface area contributed by atoms with Crippen molar-refractivity contribution in [2.45, 2.75) is 28.8 Å². The van der Waals surface area contributed by atoms with Crippen LogP contribution in [0.2, 0.25) is 5.02 Å². The molecular weight excluding hydrogens is 824 g/mol. The lowest BCUT2D eigenvalue weighted by Gasteiger charge is -2.36. The summed E-state index contributed by atoms with van der Waals surface area (Å²) in [6, 6.07) is 35.4. The van der Waals surface area contributed by atoms with E-state index in [9.17, 15) is 28.1 Å². The van der Waals surface area contributed by atoms with Gasteiger partial charge < -0.3 is 19.9 Å². The average Bonchev–Trinajstić information content (AvgIpc) is 3.27. The number of thioether (sulfide) groups is 1. The van der Waals surface area contributed by atoms with E-state index in [1.54, 1.807) is 29.2 Å². The number of amides is 2. The van der Waals surface area contributed by atoms with Crippen LogP contribution in [-0.2, 0) is 26.1 Å². The SMILES string of the molecule is O=C(NS(=O)(=O)c1ccc(N[C@@H](CSc2ccccc2)CC(=O)N2CCOCC2)c([N+](=O)[O-])c1)c1ccc(N2CCN(Cc3ccccc3-c3ccc(Cl)cc3)CC2)cc1. The Morgan fingerprint density at radius 2 is 1.52 bits per heavy atom. The molecule has 0 unspecified atom stereocenters. The van der Waals surface area contributed by atoms with Crippen LogP contribution in [0.15, 0.2) is 131 Å². The topological polar surface area (TPSA) is 154 Å². The summed E-state index contributed by atoms with van der Waals surface area (Å²) in [5.74, 6) is -0.577. The van der Waals surface area contributed by atoms with Gasteiger partial charge in [-0.05, 0) is 77.4 Å². The van der Waals surface area contributed by atoms with Gasteiger partial charge in [-0.3, -0.25) is 24.6 Å². The van der Waals surface area contributed by atoms with Gasteiger partial charge in [0.25, 0.3) is 21.6 Å². The van der Waals surface area contributed by atoms with Crippen LogP contribution in [0.4, 0.5) is 17.1 Å². The molecule has 1 atom stereocenters. The number of hydrogen-bond donors (Lipinski definition) is 2. The Morgan fingerprint density at radius 3 is 2.22 bits per heavy atom. The summed E-state index contributed by atoms with van der Waals surface area (Å²) in [7, 11) is -4.50. The first-order valence-corrected chi connectivity index (χ1v) is 22.4. The molecule has 0 spiro atoms. The Morgan fingerprint density at radius 1 is 0.833 bits per heavy atom. The van der Waals surface area contributed by atoms with Crippen LogP contribution >= 0.6 is 23.4 Å². The van der Waals surface area contributed by atoms with Crippen LogP contribution in [0, 0.1) is 10.1 Å². The third-order valence-electron chi connectivity index (χ3n) is 10.5. The summed E-state index contributed by atoms with van der Waals surface area (Å²) in [6.07, 6.45) is 0.0585. The molecule has 7 rings (SSSR count). The first-order valence-electron chi connectivity index (χ1n) is 19.6. The van der Waals surface area contributed by atoms with E-state index in [0.717, 1.165) is 54.9 Å². The zero-order chi connectivity index (χ0) is 42.1. The molecule has 2 aliphatic heterocycles. The minimum Gasteiger partial charge on any atom is -0.378 e. The number of carbonyl (C=O) groups is 2. The molecule has 2 saturated heterocycles. The number of anilines is 2. The maximum absolute atomic E-state index is 13.4. The Balaban J connectivity index is 0.969. The van der Waals surface area contributed by atoms with Crippen LogP contribution < -0.4 is 14.9 Å². The molecule has 2 fully saturated rings. The van der Waals surface area contributed by atoms with E-state index in [0.29, 0.717) is 37.1 Å². The average molecular weight is 869 g/mol. The zero-order valence-electron chi connectivity index (χ0n) is 32.7. The van der Waals surface area contributed by atoms with Crippen LogP contribution in [0.1, 0.15) is 22.3 Å². The van der Waals surface area contributed by atoms with Gasteiger partial charge in [0.2, 0.25) is 5.91 Å². The number of morpholine rings is 1. The van der Waals surface area contributed by atoms with E-state index in [2.05, 4.69) is 38.0 Å². The van der Waals surface area contributed by atoms with Crippen LogP contribution in [0.3, 0.4) is 0 Å². The standard InChI is InChI=1S/C44H45ClN6O7S2/c45-35-14-10-32(11-15-35)40-9-5-4-6-34(40)30-48-20-22-49(23-21-48)37-16-12-33(13-17-37)44(53)47-60(56,57)39-18-19-41(42(29-39)51(54)55)46-36(31-59-38-7-2-1-3-8-38)28-43(52)50-24-26-58-27-25-50/h1-19,29,36,46H,20-28,30-31H2,(H,47,53)/t36-/m1/s1. The van der Waals surface area contributed by atoms with Crippen molar-refractivity contribution in [3.05, 3.63) is 148 Å². The van der Waals surface area contributed by atoms with Crippen molar-refractivity contribution >= 4 is 62.3 Å². The Labute approximate surface area is 358 Å². The first kappa shape index (κ1) is 42.7. The summed E-state index contributed by atoms with van der Waals surface area (Å²) >= 11 is 7.61. The fourth-order valence-corrected chi connectivity index (χ4v) is 9.29. The van der Waals surface area contributed by atoms with E-state index in [1.807, 2.05) is 60.7 Å². The van der Waals surface area contributed by atoms with Crippen LogP contribution in [0.5, 0.6) is 0 Å². The molecule has 13 nitrogen and oxygen atoms in total. The summed E-state index contributed by atoms with van der Waals surface area (Å²) in [4.78, 5) is 44.9. The molecule has 5 aromatic carbocycles. The minimum atomic E-state index is -4.50. The van der Waals surface area contributed by atoms with Gasteiger partial charge in [0.15, 0.2) is 0 Å². The Hall–Kier alpha value is -5.45. The monoisotopic (exact) mass is 868 g/mol. The number of carbonyl (C=O) groups excluding carboxylic acids is 2. The molecular formula is C44H45ClN6O7S2. The molecule has 0 aliphatic carbocycles. The van der Waals surface area contributed by atoms with E-state index in [4.69, 9.17) is 16.3 Å². The molecule has 5 aromatic rings. The van der Waals surface area contributed by atoms with E-state index < -0.39 is 37.5 Å². The predicted octanol–water partition coefficient (Wildman–Crippen LogP) is 7.18. The number of hydrogen-bond acceptors (Lipinski definition) is 11. The lowest BCUT2D eigenvalue weighted by Crippen LogP contribution is -2.46. The molecule has 2 N–H and O–H groups in total. The number of nitro groups is 1. The predicted molar refractivity (Wildman–Crippen MR) is 235 cm³/mol. The summed E-state index contributed by atoms with van der Waals surface area (Å²) in [5, 5.41) is 16.1. The number of piperazine rings is 1. The van der Waals surface area contributed by atoms with Gasteiger partial charge >= 0.3 is 0 Å². The van der Waals surface area contributed by atoms with Gasteiger partial charge in [0.05, 0.1) is 23.0 Å². The number of benzene rings is 5. The summed E-state index contributed by atoms with van der Waals surface area (Å²) < 4.78 is 34.3. The second-order valence-electron chi connectivity index (χ2n) is 14.5. The lowest BCUT2D eigenvalue weighted by atomic mass is 9.99. The van der Waals surface area contributed by atoms with Crippen molar-refractivity contribution in [1.82, 2.24) is 14.5 Å². The number of nitro benzene ring substituents is 1. The number of rotatable bonds is 15. The minimum absolute atomic E-state index is 0.0536. The molecule has 2 aliphatic rings. The number of ether oxygens (including phenoxy) is 1. The van der Waals surface area contributed by atoms with E-state index >= 15 is 0 Å². The van der Waals surface area contributed by atoms with E-state index in [-0.39, 0.29) is 23.6 Å². The van der Waals surface area contributed by atoms with Crippen molar-refractivity contribution < 1.29 is 27.7 Å². The van der Waals surface area contributed by atoms with Gasteiger partial charge in [-0.25, -0.2) is 13.1 Å². The number of halogens is 1. The number of sulfonamides is 1. The number of nitrogens with zero attached hydrogens (tertiary/aromatic N) is 4. The quantitative estimate of drug-likeness (QED) is 0.0625. The normalized spacial score (nSPS) is 15.3. The fourth-order valence-electron chi connectivity index (χ4n) is 7.23. The maximum Gasteiger partial charge on any atom is 0.293 e. The van der Waals surface area contributed by atoms with Crippen molar-refractivity contribution in [2.24, 2.45) is 0 Å². The molecule has 0 saturated carbocycles. The Kier molecular flexibility index (Phi) is 14.0. The largest absolute Gasteiger partial charge is 0.378 e. The van der Waals surface area contributed by atoms with Crippen LogP contribution in [-0.4, -0.2) is 99.2 Å². The highest BCUT2D eigenvalue weighted by atomic mass is 35.5. The smallest absolute Gasteiger partial charge is 0.293 e. The second kappa shape index (κ2) is 19.7. The third-order valence-corrected chi connectivity index (χ3v) is 13.2. The summed E-state index contributed by atoms with van der Waals surface area (Å²) in [6.45, 7) is 5.79. The van der Waals surface area contributed by atoms with Gasteiger partial charge in [-0.1, -0.05) is 66.2 Å². The molecule has 2 amide bonds. The Bertz CT molecular complexity index is 2390. The molecule has 16 heteroatoms. The van der Waals surface area contributed by atoms with Crippen LogP contribution in [0.25, 0.3) is 11.1 Å². The molecule has 312 valence electrons. The highest BCUT2D eigenvalue weighted by Crippen LogP contribution is 2.31. The van der Waals surface area contributed by atoms with Gasteiger partial charge in [-0.2, -0.15) is 0 Å². The lowest BCUT2D eigenvalue weighted by molar-refractivity contribution is -0.384. The van der Waals surface area contributed by atoms with E-state index in [1.165, 1.54) is 35.0 Å². The van der Waals surface area contributed by atoms with Crippen molar-refractivity contribution in [2.75, 3.05) is 68.5 Å². The van der Waals surface area contributed by atoms with Gasteiger partial charge in [0, 0.05) is 91.3 Å². The fraction of sp³-hybridized carbons (Fsp3) is 0.273. The van der Waals surface area contributed by atoms with Crippen molar-refractivity contribution in [3.63, 3.8) is 0 Å². The molecule has 2 heterocycles. The third kappa shape index (κ3) is 11.0. The maximum atomic E-state index is 13.4. The molecule has 0 radical (unpaired) electrons. The van der Waals surface area contributed by atoms with Gasteiger partial charge in [0.1, 0.15) is 5.69 Å². The number of nitrogens with one attached hydrogen (secondary N) is 2. The highest BCUT2D eigenvalue weighted by molar-refractivity contribution is 7.99. The summed E-state index contributed by atoms with van der Waals surface area (Å²) in [5.41, 5.74) is 4.10. The van der Waals surface area contributed by atoms with Crippen molar-refractivity contribution in [1.29, 1.82) is 0 Å². The molecule has 60 heavy (non-hydrogen) atoms. The highest BCUT2D eigenvalue weighted by Gasteiger charge is 2.27. The first-order chi connectivity index (χ1) is 29.0.